The maximum absolute atomic E-state index is 10.4. The van der Waals surface area contributed by atoms with E-state index >= 15 is 0 Å². The van der Waals surface area contributed by atoms with Crippen LogP contribution in [0.3, 0.4) is 0 Å². The van der Waals surface area contributed by atoms with Gasteiger partial charge in [-0.1, -0.05) is 37.5 Å². The molecule has 0 aliphatic heterocycles. The van der Waals surface area contributed by atoms with Crippen molar-refractivity contribution < 1.29 is 4.79 Å². The van der Waals surface area contributed by atoms with Gasteiger partial charge >= 0.3 is 0 Å². The summed E-state index contributed by atoms with van der Waals surface area (Å²) in [5.41, 5.74) is 4.95. The minimum Gasteiger partial charge on any atom is -0.366 e. The third-order valence-electron chi connectivity index (χ3n) is 2.40. The van der Waals surface area contributed by atoms with Gasteiger partial charge in [-0.2, -0.15) is 0 Å². The Morgan fingerprint density at radius 2 is 1.85 bits per heavy atom. The lowest BCUT2D eigenvalue weighted by atomic mass is 9.89. The van der Waals surface area contributed by atoms with E-state index in [0.29, 0.717) is 5.92 Å². The second kappa shape index (κ2) is 5.57. The van der Waals surface area contributed by atoms with Crippen LogP contribution in [0.5, 0.6) is 0 Å². The molecule has 0 aromatic heterocycles. The van der Waals surface area contributed by atoms with Crippen LogP contribution in [0.15, 0.2) is 24.3 Å². The molecule has 1 fully saturated rings. The monoisotopic (exact) mass is 179 g/mol. The van der Waals surface area contributed by atoms with Crippen molar-refractivity contribution >= 4 is 5.91 Å². The van der Waals surface area contributed by atoms with Gasteiger partial charge in [0.1, 0.15) is 0 Å². The highest BCUT2D eigenvalue weighted by atomic mass is 16.1. The predicted octanol–water partition coefficient (Wildman–Crippen LogP) is 2.16. The van der Waals surface area contributed by atoms with Gasteiger partial charge in [-0.3, -0.25) is 4.79 Å². The highest BCUT2D eigenvalue weighted by Gasteiger charge is 2.08. The summed E-state index contributed by atoms with van der Waals surface area (Å²) in [7, 11) is 0. The van der Waals surface area contributed by atoms with Crippen molar-refractivity contribution in [1.29, 1.82) is 0 Å². The molecular weight excluding hydrogens is 162 g/mol. The Labute approximate surface area is 79.5 Å². The highest BCUT2D eigenvalue weighted by Crippen LogP contribution is 2.24. The van der Waals surface area contributed by atoms with E-state index in [9.17, 15) is 4.79 Å². The minimum absolute atomic E-state index is 0.381. The standard InChI is InChI=1S/C11H17NO/c12-11(13)9-5-4-8-10-6-2-1-3-7-10/h4-5,8-10H,1-3,6-7H2,(H2,12,13)/b8-4+,9-5+. The van der Waals surface area contributed by atoms with Crippen LogP contribution in [0.25, 0.3) is 0 Å². The Balaban J connectivity index is 2.25. The molecule has 0 atom stereocenters. The molecule has 0 aromatic rings. The topological polar surface area (TPSA) is 43.1 Å². The molecule has 1 amide bonds. The zero-order chi connectivity index (χ0) is 9.52. The van der Waals surface area contributed by atoms with Gasteiger partial charge in [-0.15, -0.1) is 0 Å². The summed E-state index contributed by atoms with van der Waals surface area (Å²) in [6, 6.07) is 0. The predicted molar refractivity (Wildman–Crippen MR) is 54.0 cm³/mol. The molecule has 0 radical (unpaired) electrons. The average Bonchev–Trinajstić information content (AvgIpc) is 2.14. The molecule has 72 valence electrons. The number of amides is 1. The Morgan fingerprint density at radius 1 is 1.15 bits per heavy atom. The zero-order valence-corrected chi connectivity index (χ0v) is 7.91. The summed E-state index contributed by atoms with van der Waals surface area (Å²) in [5, 5.41) is 0. The summed E-state index contributed by atoms with van der Waals surface area (Å²) in [4.78, 5) is 10.4. The van der Waals surface area contributed by atoms with Crippen LogP contribution in [-0.2, 0) is 4.79 Å². The maximum Gasteiger partial charge on any atom is 0.241 e. The van der Waals surface area contributed by atoms with Crippen LogP contribution in [0.1, 0.15) is 32.1 Å². The van der Waals surface area contributed by atoms with Crippen LogP contribution < -0.4 is 5.73 Å². The van der Waals surface area contributed by atoms with E-state index in [4.69, 9.17) is 5.73 Å². The Bertz CT molecular complexity index is 212. The summed E-state index contributed by atoms with van der Waals surface area (Å²) in [5.74, 6) is 0.333. The number of carbonyl (C=O) groups is 1. The second-order valence-corrected chi connectivity index (χ2v) is 3.54. The molecule has 1 rings (SSSR count). The van der Waals surface area contributed by atoms with E-state index in [0.717, 1.165) is 0 Å². The highest BCUT2D eigenvalue weighted by molar-refractivity contribution is 5.85. The second-order valence-electron chi connectivity index (χ2n) is 3.54. The van der Waals surface area contributed by atoms with E-state index in [2.05, 4.69) is 6.08 Å². The molecule has 1 aliphatic rings. The Hall–Kier alpha value is -1.05. The SMILES string of the molecule is NC(=O)/C=C/C=C/C1CCCCC1. The average molecular weight is 179 g/mol. The maximum atomic E-state index is 10.4. The molecule has 0 spiro atoms. The summed E-state index contributed by atoms with van der Waals surface area (Å²) >= 11 is 0. The van der Waals surface area contributed by atoms with Gasteiger partial charge in [0.15, 0.2) is 0 Å². The van der Waals surface area contributed by atoms with Crippen molar-refractivity contribution in [2.75, 3.05) is 0 Å². The van der Waals surface area contributed by atoms with E-state index < -0.39 is 0 Å². The fraction of sp³-hybridized carbons (Fsp3) is 0.545. The van der Waals surface area contributed by atoms with Crippen molar-refractivity contribution in [3.05, 3.63) is 24.3 Å². The first-order valence-corrected chi connectivity index (χ1v) is 4.93. The van der Waals surface area contributed by atoms with E-state index in [1.807, 2.05) is 6.08 Å². The lowest BCUT2D eigenvalue weighted by Gasteiger charge is -2.17. The smallest absolute Gasteiger partial charge is 0.241 e. The number of primary amides is 1. The largest absolute Gasteiger partial charge is 0.366 e. The number of hydrogen-bond acceptors (Lipinski definition) is 1. The Kier molecular flexibility index (Phi) is 4.30. The lowest BCUT2D eigenvalue weighted by Crippen LogP contribution is -2.05. The number of carbonyl (C=O) groups excluding carboxylic acids is 1. The van der Waals surface area contributed by atoms with Crippen molar-refractivity contribution in [3.8, 4) is 0 Å². The molecular formula is C11H17NO. The third kappa shape index (κ3) is 4.51. The number of rotatable bonds is 3. The Morgan fingerprint density at radius 3 is 2.46 bits per heavy atom. The molecule has 1 aliphatic carbocycles. The molecule has 2 nitrogen and oxygen atoms in total. The van der Waals surface area contributed by atoms with E-state index in [1.54, 1.807) is 6.08 Å². The first-order chi connectivity index (χ1) is 6.29. The normalized spacial score (nSPS) is 20.0. The first kappa shape index (κ1) is 10.0. The quantitative estimate of drug-likeness (QED) is 0.523. The van der Waals surface area contributed by atoms with Gasteiger partial charge in [-0.05, 0) is 18.8 Å². The van der Waals surface area contributed by atoms with E-state index in [1.165, 1.54) is 38.2 Å². The molecule has 0 aromatic carbocycles. The van der Waals surface area contributed by atoms with Crippen LogP contribution in [-0.4, -0.2) is 5.91 Å². The van der Waals surface area contributed by atoms with Gasteiger partial charge in [0.25, 0.3) is 0 Å². The number of nitrogens with two attached hydrogens (primary N) is 1. The van der Waals surface area contributed by atoms with Crippen LogP contribution >= 0.6 is 0 Å². The molecule has 13 heavy (non-hydrogen) atoms. The van der Waals surface area contributed by atoms with Gasteiger partial charge < -0.3 is 5.73 Å². The van der Waals surface area contributed by atoms with Crippen LogP contribution in [0, 0.1) is 5.92 Å². The number of hydrogen-bond donors (Lipinski definition) is 1. The van der Waals surface area contributed by atoms with Crippen LogP contribution in [0.2, 0.25) is 0 Å². The van der Waals surface area contributed by atoms with Gasteiger partial charge in [0.2, 0.25) is 5.91 Å². The zero-order valence-electron chi connectivity index (χ0n) is 7.91. The number of allylic oxidation sites excluding steroid dienone is 3. The lowest BCUT2D eigenvalue weighted by molar-refractivity contribution is -0.113. The summed E-state index contributed by atoms with van der Waals surface area (Å²) < 4.78 is 0. The molecule has 2 heteroatoms. The molecule has 0 heterocycles. The van der Waals surface area contributed by atoms with Crippen molar-refractivity contribution in [3.63, 3.8) is 0 Å². The molecule has 2 N–H and O–H groups in total. The summed E-state index contributed by atoms with van der Waals surface area (Å²) in [6.45, 7) is 0. The molecule has 0 bridgehead atoms. The summed E-state index contributed by atoms with van der Waals surface area (Å²) in [6.07, 6.45) is 13.9. The van der Waals surface area contributed by atoms with Gasteiger partial charge in [0.05, 0.1) is 0 Å². The van der Waals surface area contributed by atoms with Crippen molar-refractivity contribution in [2.24, 2.45) is 11.7 Å². The minimum atomic E-state index is -0.381. The molecule has 0 saturated heterocycles. The molecule has 0 unspecified atom stereocenters. The van der Waals surface area contributed by atoms with Gasteiger partial charge in [0, 0.05) is 6.08 Å². The van der Waals surface area contributed by atoms with Crippen molar-refractivity contribution in [2.45, 2.75) is 32.1 Å². The van der Waals surface area contributed by atoms with E-state index in [-0.39, 0.29) is 5.91 Å². The fourth-order valence-electron chi connectivity index (χ4n) is 1.70. The van der Waals surface area contributed by atoms with Gasteiger partial charge in [-0.25, -0.2) is 0 Å². The van der Waals surface area contributed by atoms with Crippen LogP contribution in [0.4, 0.5) is 0 Å². The fourth-order valence-corrected chi connectivity index (χ4v) is 1.70. The first-order valence-electron chi connectivity index (χ1n) is 4.93. The molecule has 1 saturated carbocycles. The van der Waals surface area contributed by atoms with Crippen molar-refractivity contribution in [1.82, 2.24) is 0 Å². The third-order valence-corrected chi connectivity index (χ3v) is 2.40.